The van der Waals surface area contributed by atoms with Crippen LogP contribution in [0.4, 0.5) is 10.1 Å². The average molecular weight is 429 g/mol. The number of halogens is 1. The summed E-state index contributed by atoms with van der Waals surface area (Å²) in [6.45, 7) is 8.71. The Morgan fingerprint density at radius 1 is 0.871 bits per heavy atom. The number of anilines is 1. The average Bonchev–Trinajstić information content (AvgIpc) is 2.74. The number of quaternary nitrogens is 2. The lowest BCUT2D eigenvalue weighted by molar-refractivity contribution is -1.00. The van der Waals surface area contributed by atoms with Gasteiger partial charge in [0.15, 0.2) is 13.1 Å². The number of aryl methyl sites for hydroxylation is 2. The van der Waals surface area contributed by atoms with E-state index in [1.54, 1.807) is 18.2 Å². The Balaban J connectivity index is 1.35. The molecular formula is C24H33FN4O2+2. The summed E-state index contributed by atoms with van der Waals surface area (Å²) in [5.74, 6) is -0.215. The number of amides is 2. The normalized spacial score (nSPS) is 18.4. The fraction of sp³-hybridized carbons (Fsp3) is 0.417. The molecule has 0 aromatic heterocycles. The number of para-hydroxylation sites is 1. The number of hydrogen-bond acceptors (Lipinski definition) is 2. The van der Waals surface area contributed by atoms with Crippen molar-refractivity contribution in [2.75, 3.05) is 51.1 Å². The molecule has 1 saturated heterocycles. The summed E-state index contributed by atoms with van der Waals surface area (Å²) in [7, 11) is 0. The number of carbonyl (C=O) groups excluding carboxylic acids is 2. The van der Waals surface area contributed by atoms with Crippen LogP contribution in [0.1, 0.15) is 16.7 Å². The Bertz CT molecular complexity index is 890. The van der Waals surface area contributed by atoms with Crippen LogP contribution in [-0.4, -0.2) is 57.6 Å². The van der Waals surface area contributed by atoms with Crippen molar-refractivity contribution in [2.24, 2.45) is 0 Å². The van der Waals surface area contributed by atoms with Gasteiger partial charge >= 0.3 is 0 Å². The largest absolute Gasteiger partial charge is 0.351 e. The van der Waals surface area contributed by atoms with Gasteiger partial charge in [0.25, 0.3) is 11.8 Å². The van der Waals surface area contributed by atoms with Gasteiger partial charge in [0.1, 0.15) is 32.0 Å². The topological polar surface area (TPSA) is 67.1 Å². The predicted octanol–water partition coefficient (Wildman–Crippen LogP) is -0.477. The molecule has 7 heteroatoms. The molecule has 0 radical (unpaired) electrons. The summed E-state index contributed by atoms with van der Waals surface area (Å²) < 4.78 is 13.6. The molecule has 1 aliphatic heterocycles. The molecule has 0 spiro atoms. The highest BCUT2D eigenvalue weighted by Gasteiger charge is 2.26. The predicted molar refractivity (Wildman–Crippen MR) is 119 cm³/mol. The lowest BCUT2D eigenvalue weighted by Crippen LogP contribution is -3.28. The van der Waals surface area contributed by atoms with E-state index in [1.165, 1.54) is 15.9 Å². The third-order valence-corrected chi connectivity index (χ3v) is 5.91. The van der Waals surface area contributed by atoms with Crippen molar-refractivity contribution in [2.45, 2.75) is 20.3 Å². The third-order valence-electron chi connectivity index (χ3n) is 5.91. The monoisotopic (exact) mass is 428 g/mol. The molecule has 2 aromatic carbocycles. The minimum absolute atomic E-state index is 0.0115. The number of hydrogen-bond donors (Lipinski definition) is 4. The quantitative estimate of drug-likeness (QED) is 0.459. The maximum absolute atomic E-state index is 13.6. The van der Waals surface area contributed by atoms with Crippen LogP contribution >= 0.6 is 0 Å². The fourth-order valence-electron chi connectivity index (χ4n) is 4.06. The molecule has 0 aliphatic carbocycles. The van der Waals surface area contributed by atoms with Crippen molar-refractivity contribution in [1.82, 2.24) is 5.32 Å². The summed E-state index contributed by atoms with van der Waals surface area (Å²) >= 11 is 0. The van der Waals surface area contributed by atoms with Crippen LogP contribution in [0.2, 0.25) is 0 Å². The fourth-order valence-corrected chi connectivity index (χ4v) is 4.06. The second kappa shape index (κ2) is 11.0. The van der Waals surface area contributed by atoms with Crippen LogP contribution in [0.25, 0.3) is 0 Å². The van der Waals surface area contributed by atoms with Crippen LogP contribution in [0.5, 0.6) is 0 Å². The molecule has 31 heavy (non-hydrogen) atoms. The molecule has 0 unspecified atom stereocenters. The van der Waals surface area contributed by atoms with E-state index in [2.05, 4.69) is 10.6 Å². The van der Waals surface area contributed by atoms with E-state index >= 15 is 0 Å². The van der Waals surface area contributed by atoms with Crippen molar-refractivity contribution < 1.29 is 23.8 Å². The molecule has 166 valence electrons. The minimum atomic E-state index is -0.233. The molecule has 0 bridgehead atoms. The zero-order valence-corrected chi connectivity index (χ0v) is 18.4. The molecule has 1 fully saturated rings. The summed E-state index contributed by atoms with van der Waals surface area (Å²) in [5.41, 5.74) is 3.66. The number of rotatable bonds is 8. The van der Waals surface area contributed by atoms with Crippen LogP contribution in [0, 0.1) is 19.7 Å². The lowest BCUT2D eigenvalue weighted by atomic mass is 10.1. The first-order valence-electron chi connectivity index (χ1n) is 11.0. The van der Waals surface area contributed by atoms with E-state index in [9.17, 15) is 14.0 Å². The van der Waals surface area contributed by atoms with Crippen LogP contribution < -0.4 is 20.4 Å². The summed E-state index contributed by atoms with van der Waals surface area (Å²) in [6.07, 6.45) is 0.487. The standard InChI is InChI=1S/C24H31FN4O2/c1-18-6-5-7-19(2)24(18)27-23(31)17-29-14-12-28(13-15-29)16-22(30)26-11-10-20-8-3-4-9-21(20)25/h3-9H,10-17H2,1-2H3,(H,26,30)(H,27,31)/p+2. The zero-order valence-electron chi connectivity index (χ0n) is 18.4. The van der Waals surface area contributed by atoms with E-state index in [0.29, 0.717) is 31.6 Å². The molecule has 0 saturated carbocycles. The van der Waals surface area contributed by atoms with Crippen molar-refractivity contribution in [3.8, 4) is 0 Å². The van der Waals surface area contributed by atoms with Crippen molar-refractivity contribution in [1.29, 1.82) is 0 Å². The Morgan fingerprint density at radius 2 is 1.45 bits per heavy atom. The smallest absolute Gasteiger partial charge is 0.279 e. The number of piperazine rings is 1. The molecular weight excluding hydrogens is 395 g/mol. The Kier molecular flexibility index (Phi) is 8.14. The van der Waals surface area contributed by atoms with Gasteiger partial charge in [-0.05, 0) is 43.0 Å². The van der Waals surface area contributed by atoms with Gasteiger partial charge in [0.05, 0.1) is 0 Å². The number of nitrogens with one attached hydrogen (secondary N) is 4. The van der Waals surface area contributed by atoms with E-state index in [4.69, 9.17) is 0 Å². The van der Waals surface area contributed by atoms with Gasteiger partial charge in [0, 0.05) is 12.2 Å². The zero-order chi connectivity index (χ0) is 22.2. The molecule has 1 aliphatic rings. The van der Waals surface area contributed by atoms with Gasteiger partial charge in [0.2, 0.25) is 0 Å². The van der Waals surface area contributed by atoms with E-state index < -0.39 is 0 Å². The van der Waals surface area contributed by atoms with E-state index in [1.807, 2.05) is 32.0 Å². The van der Waals surface area contributed by atoms with E-state index in [-0.39, 0.29) is 17.6 Å². The second-order valence-corrected chi connectivity index (χ2v) is 8.36. The molecule has 2 aromatic rings. The number of carbonyl (C=O) groups is 2. The number of benzene rings is 2. The highest BCUT2D eigenvalue weighted by Crippen LogP contribution is 2.18. The van der Waals surface area contributed by atoms with Crippen molar-refractivity contribution in [3.63, 3.8) is 0 Å². The van der Waals surface area contributed by atoms with Gasteiger partial charge in [-0.25, -0.2) is 4.39 Å². The summed E-state index contributed by atoms with van der Waals surface area (Å²) in [6, 6.07) is 12.6. The van der Waals surface area contributed by atoms with Gasteiger partial charge in [-0.2, -0.15) is 0 Å². The summed E-state index contributed by atoms with van der Waals surface area (Å²) in [4.78, 5) is 27.2. The molecule has 0 atom stereocenters. The maximum Gasteiger partial charge on any atom is 0.279 e. The minimum Gasteiger partial charge on any atom is -0.351 e. The van der Waals surface area contributed by atoms with Crippen molar-refractivity contribution >= 4 is 17.5 Å². The first-order valence-corrected chi connectivity index (χ1v) is 11.0. The highest BCUT2D eigenvalue weighted by molar-refractivity contribution is 5.93. The van der Waals surface area contributed by atoms with Gasteiger partial charge in [-0.3, -0.25) is 9.59 Å². The Morgan fingerprint density at radius 3 is 2.06 bits per heavy atom. The second-order valence-electron chi connectivity index (χ2n) is 8.36. The van der Waals surface area contributed by atoms with Gasteiger partial charge in [-0.15, -0.1) is 0 Å². The van der Waals surface area contributed by atoms with E-state index in [0.717, 1.165) is 43.0 Å². The van der Waals surface area contributed by atoms with Crippen LogP contribution in [-0.2, 0) is 16.0 Å². The highest BCUT2D eigenvalue weighted by atomic mass is 19.1. The first kappa shape index (κ1) is 22.9. The lowest BCUT2D eigenvalue weighted by Gasteiger charge is -2.29. The summed E-state index contributed by atoms with van der Waals surface area (Å²) in [5, 5.41) is 5.94. The van der Waals surface area contributed by atoms with Crippen LogP contribution in [0.15, 0.2) is 42.5 Å². The maximum atomic E-state index is 13.6. The third kappa shape index (κ3) is 6.87. The van der Waals surface area contributed by atoms with Gasteiger partial charge < -0.3 is 20.4 Å². The molecule has 4 N–H and O–H groups in total. The molecule has 2 amide bonds. The SMILES string of the molecule is Cc1cccc(C)c1NC(=O)C[NH+]1CC[NH+](CC(=O)NCCc2ccccc2F)CC1. The van der Waals surface area contributed by atoms with Crippen molar-refractivity contribution in [3.05, 3.63) is 65.0 Å². The Labute approximate surface area is 183 Å². The molecule has 6 nitrogen and oxygen atoms in total. The molecule has 1 heterocycles. The van der Waals surface area contributed by atoms with Crippen LogP contribution in [0.3, 0.4) is 0 Å². The molecule has 3 rings (SSSR count). The first-order chi connectivity index (χ1) is 14.9. The Hall–Kier alpha value is -2.77. The van der Waals surface area contributed by atoms with Gasteiger partial charge in [-0.1, -0.05) is 36.4 Å².